The zero-order valence-electron chi connectivity index (χ0n) is 14.3. The Bertz CT molecular complexity index is 496. The number of ether oxygens (including phenoxy) is 1. The topological polar surface area (TPSA) is 51.4 Å². The maximum Gasteiger partial charge on any atom is 0.230 e. The van der Waals surface area contributed by atoms with E-state index < -0.39 is 0 Å². The summed E-state index contributed by atoms with van der Waals surface area (Å²) in [5, 5.41) is 8.46. The second-order valence-electron chi connectivity index (χ2n) is 7.30. The fraction of sp³-hybridized carbons (Fsp3) is 0.882. The van der Waals surface area contributed by atoms with Crippen LogP contribution in [-0.2, 0) is 11.3 Å². The van der Waals surface area contributed by atoms with Crippen LogP contribution in [0.15, 0.2) is 4.42 Å². The summed E-state index contributed by atoms with van der Waals surface area (Å²) in [6, 6.07) is 0.528. The molecule has 2 saturated carbocycles. The van der Waals surface area contributed by atoms with Crippen molar-refractivity contribution in [1.82, 2.24) is 15.1 Å². The molecule has 3 rings (SSSR count). The smallest absolute Gasteiger partial charge is 0.230 e. The highest BCUT2D eigenvalue weighted by Gasteiger charge is 2.51. The molecule has 0 spiro atoms. The zero-order chi connectivity index (χ0) is 15.7. The van der Waals surface area contributed by atoms with Gasteiger partial charge in [0.05, 0.1) is 12.6 Å². The van der Waals surface area contributed by atoms with Crippen LogP contribution in [0.5, 0.6) is 0 Å². The molecule has 0 aliphatic heterocycles. The van der Waals surface area contributed by atoms with Crippen LogP contribution in [0.25, 0.3) is 0 Å². The third-order valence-electron chi connectivity index (χ3n) is 5.19. The van der Waals surface area contributed by atoms with E-state index in [2.05, 4.69) is 42.8 Å². The molecule has 0 radical (unpaired) electrons. The summed E-state index contributed by atoms with van der Waals surface area (Å²) in [6.07, 6.45) is 5.00. The molecule has 1 aromatic rings. The van der Waals surface area contributed by atoms with Crippen molar-refractivity contribution in [2.75, 3.05) is 13.2 Å². The third-order valence-corrected chi connectivity index (χ3v) is 5.19. The highest BCUT2D eigenvalue weighted by molar-refractivity contribution is 5.05. The molecule has 5 nitrogen and oxygen atoms in total. The van der Waals surface area contributed by atoms with Crippen LogP contribution in [-0.4, -0.2) is 40.4 Å². The van der Waals surface area contributed by atoms with Crippen molar-refractivity contribution in [2.45, 2.75) is 78.0 Å². The van der Waals surface area contributed by atoms with Crippen molar-refractivity contribution in [1.29, 1.82) is 0 Å². The Kier molecular flexibility index (Phi) is 4.55. The SMILES string of the molecule is CCCN(Cc1nnc(C2CC2)o1)[C@@H]1C[C@H](OCC)C1(C)C. The summed E-state index contributed by atoms with van der Waals surface area (Å²) in [6.45, 7) is 11.5. The average molecular weight is 307 g/mol. The van der Waals surface area contributed by atoms with Crippen molar-refractivity contribution in [3.05, 3.63) is 11.8 Å². The summed E-state index contributed by atoms with van der Waals surface area (Å²) in [5.74, 6) is 2.14. The van der Waals surface area contributed by atoms with E-state index in [9.17, 15) is 0 Å². The molecule has 0 unspecified atom stereocenters. The number of hydrogen-bond acceptors (Lipinski definition) is 5. The van der Waals surface area contributed by atoms with Gasteiger partial charge in [-0.2, -0.15) is 0 Å². The molecule has 2 aliphatic rings. The van der Waals surface area contributed by atoms with Gasteiger partial charge in [0, 0.05) is 24.0 Å². The van der Waals surface area contributed by atoms with E-state index in [4.69, 9.17) is 9.15 Å². The minimum absolute atomic E-state index is 0.185. The first-order valence-corrected chi connectivity index (χ1v) is 8.74. The van der Waals surface area contributed by atoms with Gasteiger partial charge in [-0.25, -0.2) is 0 Å². The number of nitrogens with zero attached hydrogens (tertiary/aromatic N) is 3. The highest BCUT2D eigenvalue weighted by Crippen LogP contribution is 2.46. The molecule has 0 saturated heterocycles. The Labute approximate surface area is 133 Å². The minimum Gasteiger partial charge on any atom is -0.424 e. The number of rotatable bonds is 8. The van der Waals surface area contributed by atoms with E-state index in [1.807, 2.05) is 0 Å². The fourth-order valence-electron chi connectivity index (χ4n) is 3.60. The Hall–Kier alpha value is -0.940. The van der Waals surface area contributed by atoms with E-state index in [1.54, 1.807) is 0 Å². The van der Waals surface area contributed by atoms with Crippen molar-refractivity contribution in [2.24, 2.45) is 5.41 Å². The Morgan fingerprint density at radius 3 is 2.64 bits per heavy atom. The van der Waals surface area contributed by atoms with Crippen LogP contribution in [0, 0.1) is 5.41 Å². The maximum absolute atomic E-state index is 5.87. The van der Waals surface area contributed by atoms with Crippen LogP contribution in [0.3, 0.4) is 0 Å². The minimum atomic E-state index is 0.185. The summed E-state index contributed by atoms with van der Waals surface area (Å²) < 4.78 is 11.7. The number of hydrogen-bond donors (Lipinski definition) is 0. The molecule has 1 heterocycles. The maximum atomic E-state index is 5.87. The molecule has 0 N–H and O–H groups in total. The zero-order valence-corrected chi connectivity index (χ0v) is 14.3. The normalized spacial score (nSPS) is 27.1. The van der Waals surface area contributed by atoms with E-state index in [0.29, 0.717) is 18.1 Å². The predicted molar refractivity (Wildman–Crippen MR) is 84.6 cm³/mol. The van der Waals surface area contributed by atoms with Gasteiger partial charge in [-0.3, -0.25) is 4.90 Å². The molecule has 2 atom stereocenters. The fourth-order valence-corrected chi connectivity index (χ4v) is 3.60. The molecule has 2 aliphatic carbocycles. The molecule has 0 bridgehead atoms. The molecule has 5 heteroatoms. The summed E-state index contributed by atoms with van der Waals surface area (Å²) in [5.41, 5.74) is 0.185. The van der Waals surface area contributed by atoms with Gasteiger partial charge in [0.25, 0.3) is 0 Å². The number of aromatic nitrogens is 2. The molecule has 0 amide bonds. The van der Waals surface area contributed by atoms with Crippen molar-refractivity contribution in [3.8, 4) is 0 Å². The molecular formula is C17H29N3O2. The lowest BCUT2D eigenvalue weighted by Crippen LogP contribution is -2.62. The lowest BCUT2D eigenvalue weighted by Gasteiger charge is -2.55. The first-order chi connectivity index (χ1) is 10.6. The van der Waals surface area contributed by atoms with E-state index in [1.165, 1.54) is 12.8 Å². The molecule has 124 valence electrons. The van der Waals surface area contributed by atoms with E-state index >= 15 is 0 Å². The summed E-state index contributed by atoms with van der Waals surface area (Å²) in [4.78, 5) is 2.50. The highest BCUT2D eigenvalue weighted by atomic mass is 16.5. The lowest BCUT2D eigenvalue weighted by atomic mass is 9.63. The van der Waals surface area contributed by atoms with Crippen LogP contribution in [0.2, 0.25) is 0 Å². The molecule has 22 heavy (non-hydrogen) atoms. The van der Waals surface area contributed by atoms with Crippen LogP contribution in [0.1, 0.15) is 71.1 Å². The average Bonchev–Trinajstić information content (AvgIpc) is 3.23. The van der Waals surface area contributed by atoms with Gasteiger partial charge in [0.15, 0.2) is 0 Å². The van der Waals surface area contributed by atoms with Crippen LogP contribution >= 0.6 is 0 Å². The van der Waals surface area contributed by atoms with Gasteiger partial charge < -0.3 is 9.15 Å². The second kappa shape index (κ2) is 6.28. The van der Waals surface area contributed by atoms with E-state index in [0.717, 1.165) is 44.3 Å². The largest absolute Gasteiger partial charge is 0.424 e. The molecule has 0 aromatic carbocycles. The summed E-state index contributed by atoms with van der Waals surface area (Å²) in [7, 11) is 0. The van der Waals surface area contributed by atoms with E-state index in [-0.39, 0.29) is 5.41 Å². The third kappa shape index (κ3) is 3.06. The van der Waals surface area contributed by atoms with Crippen molar-refractivity contribution >= 4 is 0 Å². The van der Waals surface area contributed by atoms with Gasteiger partial charge in [0.2, 0.25) is 11.8 Å². The van der Waals surface area contributed by atoms with Gasteiger partial charge in [-0.15, -0.1) is 10.2 Å². The molecule has 2 fully saturated rings. The first-order valence-electron chi connectivity index (χ1n) is 8.74. The van der Waals surface area contributed by atoms with Gasteiger partial charge >= 0.3 is 0 Å². The molecule has 1 aromatic heterocycles. The van der Waals surface area contributed by atoms with Gasteiger partial charge in [-0.1, -0.05) is 20.8 Å². The monoisotopic (exact) mass is 307 g/mol. The van der Waals surface area contributed by atoms with Crippen molar-refractivity contribution < 1.29 is 9.15 Å². The first kappa shape index (κ1) is 15.9. The second-order valence-corrected chi connectivity index (χ2v) is 7.30. The van der Waals surface area contributed by atoms with Crippen LogP contribution in [0.4, 0.5) is 0 Å². The van der Waals surface area contributed by atoms with Gasteiger partial charge in [0.1, 0.15) is 0 Å². The predicted octanol–water partition coefficient (Wildman–Crippen LogP) is 3.36. The quantitative estimate of drug-likeness (QED) is 0.737. The lowest BCUT2D eigenvalue weighted by molar-refractivity contribution is -0.152. The standard InChI is InChI=1S/C17H29N3O2/c1-5-9-20(13-10-14(21-6-2)17(13,3)4)11-15-18-19-16(22-15)12-7-8-12/h12-14H,5-11H2,1-4H3/t13-,14+/m1/s1. The van der Waals surface area contributed by atoms with Gasteiger partial charge in [-0.05, 0) is 39.2 Å². The molecular weight excluding hydrogens is 278 g/mol. The van der Waals surface area contributed by atoms with Crippen molar-refractivity contribution in [3.63, 3.8) is 0 Å². The Morgan fingerprint density at radius 2 is 2.05 bits per heavy atom. The Morgan fingerprint density at radius 1 is 1.27 bits per heavy atom. The van der Waals surface area contributed by atoms with Crippen LogP contribution < -0.4 is 0 Å². The summed E-state index contributed by atoms with van der Waals surface area (Å²) >= 11 is 0. The Balaban J connectivity index is 1.64.